The first-order chi connectivity index (χ1) is 16.6. The minimum Gasteiger partial charge on any atom is -0.493 e. The van der Waals surface area contributed by atoms with Gasteiger partial charge in [-0.15, -0.1) is 0 Å². The zero-order valence-corrected chi connectivity index (χ0v) is 20.2. The molecule has 0 bridgehead atoms. The van der Waals surface area contributed by atoms with Crippen LogP contribution in [-0.2, 0) is 4.79 Å². The standard InChI is InChI=1S/C24H30F2N6O3/c1-14(2)32-13-19-20(22(32)34)28-24(31-10-8-30(9-11-31)16(4)33)29-21(19)27-15(3)17-6-5-7-18(12-17)35-23(25)26/h5-7,12-15,23,34H,8-11H2,1-4H3,(H,27,28,29)/t15-/m1/s1. The highest BCUT2D eigenvalue weighted by atomic mass is 19.3. The van der Waals surface area contributed by atoms with Crippen molar-refractivity contribution in [1.29, 1.82) is 0 Å². The van der Waals surface area contributed by atoms with E-state index >= 15 is 0 Å². The molecule has 0 radical (unpaired) electrons. The molecule has 0 aliphatic carbocycles. The number of amides is 1. The van der Waals surface area contributed by atoms with E-state index < -0.39 is 6.61 Å². The molecular formula is C24H30F2N6O3. The molecule has 1 fully saturated rings. The number of anilines is 2. The lowest BCUT2D eigenvalue weighted by Crippen LogP contribution is -2.48. The zero-order valence-electron chi connectivity index (χ0n) is 20.2. The topological polar surface area (TPSA) is 95.8 Å². The van der Waals surface area contributed by atoms with Crippen molar-refractivity contribution in [3.8, 4) is 11.6 Å². The van der Waals surface area contributed by atoms with Gasteiger partial charge in [-0.3, -0.25) is 4.79 Å². The summed E-state index contributed by atoms with van der Waals surface area (Å²) in [5.41, 5.74) is 1.15. The third-order valence-electron chi connectivity index (χ3n) is 6.16. The van der Waals surface area contributed by atoms with Gasteiger partial charge < -0.3 is 29.5 Å². The number of rotatable bonds is 7. The fourth-order valence-electron chi connectivity index (χ4n) is 4.19. The normalized spacial score (nSPS) is 15.2. The first kappa shape index (κ1) is 24.5. The monoisotopic (exact) mass is 488 g/mol. The van der Waals surface area contributed by atoms with Crippen molar-refractivity contribution < 1.29 is 23.4 Å². The van der Waals surface area contributed by atoms with Crippen LogP contribution in [0.2, 0.25) is 0 Å². The summed E-state index contributed by atoms with van der Waals surface area (Å²) in [7, 11) is 0. The number of ether oxygens (including phenoxy) is 1. The Morgan fingerprint density at radius 2 is 1.86 bits per heavy atom. The van der Waals surface area contributed by atoms with Crippen molar-refractivity contribution in [2.75, 3.05) is 36.4 Å². The second-order valence-electron chi connectivity index (χ2n) is 8.90. The van der Waals surface area contributed by atoms with E-state index in [0.717, 1.165) is 5.56 Å². The van der Waals surface area contributed by atoms with Crippen LogP contribution in [-0.4, -0.2) is 63.2 Å². The Morgan fingerprint density at radius 3 is 2.49 bits per heavy atom. The lowest BCUT2D eigenvalue weighted by molar-refractivity contribution is -0.129. The summed E-state index contributed by atoms with van der Waals surface area (Å²) in [6.07, 6.45) is 1.80. The molecule has 1 atom stereocenters. The molecule has 4 rings (SSSR count). The number of nitrogens with zero attached hydrogens (tertiary/aromatic N) is 5. The highest BCUT2D eigenvalue weighted by Gasteiger charge is 2.24. The largest absolute Gasteiger partial charge is 0.493 e. The second kappa shape index (κ2) is 9.93. The van der Waals surface area contributed by atoms with Crippen molar-refractivity contribution in [1.82, 2.24) is 19.4 Å². The first-order valence-electron chi connectivity index (χ1n) is 11.6. The van der Waals surface area contributed by atoms with Crippen LogP contribution < -0.4 is 15.0 Å². The molecule has 2 N–H and O–H groups in total. The smallest absolute Gasteiger partial charge is 0.387 e. The highest BCUT2D eigenvalue weighted by Crippen LogP contribution is 2.35. The molecule has 188 valence electrons. The molecule has 11 heteroatoms. The lowest BCUT2D eigenvalue weighted by atomic mass is 10.1. The summed E-state index contributed by atoms with van der Waals surface area (Å²) < 4.78 is 31.6. The van der Waals surface area contributed by atoms with E-state index in [-0.39, 0.29) is 29.6 Å². The molecule has 35 heavy (non-hydrogen) atoms. The number of piperazine rings is 1. The number of carbonyl (C=O) groups excluding carboxylic acids is 1. The van der Waals surface area contributed by atoms with Gasteiger partial charge >= 0.3 is 6.61 Å². The number of fused-ring (bicyclic) bond motifs is 1. The van der Waals surface area contributed by atoms with Crippen LogP contribution in [0.4, 0.5) is 20.5 Å². The third-order valence-corrected chi connectivity index (χ3v) is 6.16. The SMILES string of the molecule is CC(=O)N1CCN(c2nc(N[C@H](C)c3cccc(OC(F)F)c3)c3cn(C(C)C)c(O)c3n2)CC1. The van der Waals surface area contributed by atoms with E-state index in [1.807, 2.05) is 31.7 Å². The number of carbonyl (C=O) groups is 1. The number of benzene rings is 1. The van der Waals surface area contributed by atoms with Crippen molar-refractivity contribution in [2.24, 2.45) is 0 Å². The van der Waals surface area contributed by atoms with Crippen molar-refractivity contribution in [2.45, 2.75) is 46.4 Å². The van der Waals surface area contributed by atoms with E-state index in [9.17, 15) is 18.7 Å². The Balaban J connectivity index is 1.69. The summed E-state index contributed by atoms with van der Waals surface area (Å²) in [6.45, 7) is 6.71. The molecule has 0 unspecified atom stereocenters. The van der Waals surface area contributed by atoms with Gasteiger partial charge in [-0.25, -0.2) is 4.98 Å². The maximum atomic E-state index is 12.7. The summed E-state index contributed by atoms with van der Waals surface area (Å²) in [5, 5.41) is 14.9. The maximum absolute atomic E-state index is 12.7. The summed E-state index contributed by atoms with van der Waals surface area (Å²) in [6, 6.07) is 6.20. The average Bonchev–Trinajstić information content (AvgIpc) is 3.16. The second-order valence-corrected chi connectivity index (χ2v) is 8.90. The molecule has 1 saturated heterocycles. The van der Waals surface area contributed by atoms with E-state index in [1.54, 1.807) is 34.7 Å². The number of nitrogens with one attached hydrogen (secondary N) is 1. The van der Waals surface area contributed by atoms with Crippen LogP contribution in [0.3, 0.4) is 0 Å². The number of alkyl halides is 2. The van der Waals surface area contributed by atoms with Gasteiger partial charge in [0.15, 0.2) is 0 Å². The zero-order chi connectivity index (χ0) is 25.3. The van der Waals surface area contributed by atoms with Gasteiger partial charge in [0.2, 0.25) is 17.7 Å². The quantitative estimate of drug-likeness (QED) is 0.516. The minimum absolute atomic E-state index is 0.000197. The Hall–Kier alpha value is -3.63. The van der Waals surface area contributed by atoms with Crippen molar-refractivity contribution in [3.63, 3.8) is 0 Å². The molecule has 1 aliphatic rings. The molecule has 1 amide bonds. The van der Waals surface area contributed by atoms with E-state index in [4.69, 9.17) is 4.98 Å². The molecule has 9 nitrogen and oxygen atoms in total. The van der Waals surface area contributed by atoms with Crippen LogP contribution in [0.25, 0.3) is 10.9 Å². The van der Waals surface area contributed by atoms with Crippen molar-refractivity contribution >= 4 is 28.6 Å². The van der Waals surface area contributed by atoms with Gasteiger partial charge in [-0.2, -0.15) is 13.8 Å². The predicted molar refractivity (Wildman–Crippen MR) is 129 cm³/mol. The van der Waals surface area contributed by atoms with Gasteiger partial charge in [0.05, 0.1) is 11.4 Å². The fraction of sp³-hybridized carbons (Fsp3) is 0.458. The van der Waals surface area contributed by atoms with Crippen LogP contribution in [0.15, 0.2) is 30.5 Å². The summed E-state index contributed by atoms with van der Waals surface area (Å²) in [5.74, 6) is 1.11. The minimum atomic E-state index is -2.90. The third kappa shape index (κ3) is 5.23. The summed E-state index contributed by atoms with van der Waals surface area (Å²) >= 11 is 0. The van der Waals surface area contributed by atoms with E-state index in [2.05, 4.69) is 15.0 Å². The van der Waals surface area contributed by atoms with Crippen LogP contribution >= 0.6 is 0 Å². The van der Waals surface area contributed by atoms with Gasteiger partial charge in [0, 0.05) is 45.3 Å². The molecular weight excluding hydrogens is 458 g/mol. The molecule has 0 spiro atoms. The number of aromatic nitrogens is 3. The number of hydrogen-bond donors (Lipinski definition) is 2. The molecule has 1 aliphatic heterocycles. The Bertz CT molecular complexity index is 1210. The molecule has 2 aromatic heterocycles. The van der Waals surface area contributed by atoms with Crippen LogP contribution in [0.1, 0.15) is 45.3 Å². The first-order valence-corrected chi connectivity index (χ1v) is 11.6. The average molecular weight is 489 g/mol. The Kier molecular flexibility index (Phi) is 6.95. The molecule has 1 aromatic carbocycles. The van der Waals surface area contributed by atoms with Crippen LogP contribution in [0.5, 0.6) is 11.6 Å². The number of halogens is 2. The molecule has 3 aromatic rings. The number of hydrogen-bond acceptors (Lipinski definition) is 7. The van der Waals surface area contributed by atoms with Crippen molar-refractivity contribution in [3.05, 3.63) is 36.0 Å². The highest BCUT2D eigenvalue weighted by molar-refractivity contribution is 5.94. The fourth-order valence-corrected chi connectivity index (χ4v) is 4.19. The lowest BCUT2D eigenvalue weighted by Gasteiger charge is -2.34. The van der Waals surface area contributed by atoms with E-state index in [0.29, 0.717) is 48.8 Å². The molecule has 0 saturated carbocycles. The summed E-state index contributed by atoms with van der Waals surface area (Å²) in [4.78, 5) is 24.9. The van der Waals surface area contributed by atoms with Gasteiger partial charge in [0.1, 0.15) is 17.1 Å². The predicted octanol–water partition coefficient (Wildman–Crippen LogP) is 4.16. The van der Waals surface area contributed by atoms with Gasteiger partial charge in [-0.1, -0.05) is 12.1 Å². The maximum Gasteiger partial charge on any atom is 0.387 e. The Morgan fingerprint density at radius 1 is 1.14 bits per heavy atom. The van der Waals surface area contributed by atoms with E-state index in [1.165, 1.54) is 6.07 Å². The van der Waals surface area contributed by atoms with Gasteiger partial charge in [0.25, 0.3) is 0 Å². The Labute approximate surface area is 202 Å². The number of aromatic hydroxyl groups is 1. The molecule has 3 heterocycles. The van der Waals surface area contributed by atoms with Crippen LogP contribution in [0, 0.1) is 0 Å². The van der Waals surface area contributed by atoms with Gasteiger partial charge in [-0.05, 0) is 38.5 Å².